The third-order valence-corrected chi connectivity index (χ3v) is 4.10. The largest absolute Gasteiger partial charge is 0.385 e. The molecule has 0 fully saturated rings. The molecule has 1 unspecified atom stereocenters. The Hall–Kier alpha value is -1.66. The minimum Gasteiger partial charge on any atom is -0.385 e. The lowest BCUT2D eigenvalue weighted by atomic mass is 10.0. The number of fused-ring (bicyclic) bond motifs is 1. The minimum absolute atomic E-state index is 0.0745. The Morgan fingerprint density at radius 2 is 2.35 bits per heavy atom. The summed E-state index contributed by atoms with van der Waals surface area (Å²) in [7, 11) is 1.66. The summed E-state index contributed by atoms with van der Waals surface area (Å²) in [6.45, 7) is 3.00. The van der Waals surface area contributed by atoms with Crippen molar-refractivity contribution in [3.8, 4) is 0 Å². The molecule has 0 bridgehead atoms. The van der Waals surface area contributed by atoms with Crippen molar-refractivity contribution in [2.75, 3.05) is 24.3 Å². The van der Waals surface area contributed by atoms with Crippen LogP contribution >= 0.6 is 11.5 Å². The zero-order valence-corrected chi connectivity index (χ0v) is 12.5. The third-order valence-electron chi connectivity index (χ3n) is 3.45. The van der Waals surface area contributed by atoms with Crippen LogP contribution in [0.4, 0.5) is 16.5 Å². The minimum atomic E-state index is -0.0745. The molecule has 0 amide bonds. The molecule has 3 rings (SSSR count). The molecule has 20 heavy (non-hydrogen) atoms. The molecule has 1 aliphatic heterocycles. The number of aromatic nitrogens is 2. The Kier molecular flexibility index (Phi) is 3.84. The van der Waals surface area contributed by atoms with Gasteiger partial charge in [-0.25, -0.2) is 4.98 Å². The smallest absolute Gasteiger partial charge is 0.207 e. The van der Waals surface area contributed by atoms with E-state index < -0.39 is 0 Å². The number of hydrogen-bond acceptors (Lipinski definition) is 6. The van der Waals surface area contributed by atoms with Crippen LogP contribution in [-0.4, -0.2) is 23.0 Å². The maximum atomic E-state index is 5.22. The van der Waals surface area contributed by atoms with E-state index in [4.69, 9.17) is 4.74 Å². The van der Waals surface area contributed by atoms with E-state index in [0.29, 0.717) is 0 Å². The predicted octanol–water partition coefficient (Wildman–Crippen LogP) is 3.35. The van der Waals surface area contributed by atoms with Crippen molar-refractivity contribution in [1.29, 1.82) is 0 Å². The van der Waals surface area contributed by atoms with Crippen LogP contribution in [0.25, 0.3) is 0 Å². The average molecular weight is 290 g/mol. The molecule has 1 aromatic heterocycles. The monoisotopic (exact) mass is 290 g/mol. The van der Waals surface area contributed by atoms with E-state index in [-0.39, 0.29) is 6.10 Å². The summed E-state index contributed by atoms with van der Waals surface area (Å²) < 4.78 is 9.52. The second-order valence-corrected chi connectivity index (χ2v) is 5.61. The van der Waals surface area contributed by atoms with Gasteiger partial charge in [0.1, 0.15) is 6.10 Å². The van der Waals surface area contributed by atoms with Gasteiger partial charge in [-0.2, -0.15) is 4.37 Å². The first-order chi connectivity index (χ1) is 9.76. The van der Waals surface area contributed by atoms with E-state index >= 15 is 0 Å². The Balaban J connectivity index is 1.76. The Labute approximate surface area is 122 Å². The number of nitrogens with one attached hydrogen (secondary N) is 2. The van der Waals surface area contributed by atoms with Crippen LogP contribution in [0.3, 0.4) is 0 Å². The Morgan fingerprint density at radius 3 is 3.20 bits per heavy atom. The molecule has 1 aromatic carbocycles. The van der Waals surface area contributed by atoms with Gasteiger partial charge in [-0.3, -0.25) is 0 Å². The van der Waals surface area contributed by atoms with E-state index in [9.17, 15) is 0 Å². The number of rotatable bonds is 4. The van der Waals surface area contributed by atoms with Gasteiger partial charge in [-0.15, -0.1) is 0 Å². The number of ether oxygens (including phenoxy) is 1. The number of hydrogen-bond donors (Lipinski definition) is 2. The maximum absolute atomic E-state index is 5.22. The molecule has 2 N–H and O–H groups in total. The summed E-state index contributed by atoms with van der Waals surface area (Å²) in [5.41, 5.74) is 3.66. The predicted molar refractivity (Wildman–Crippen MR) is 81.9 cm³/mol. The molecule has 5 nitrogen and oxygen atoms in total. The maximum Gasteiger partial charge on any atom is 0.207 e. The van der Waals surface area contributed by atoms with Gasteiger partial charge in [-0.1, -0.05) is 0 Å². The first-order valence-electron chi connectivity index (χ1n) is 6.76. The van der Waals surface area contributed by atoms with Crippen LogP contribution in [0, 0.1) is 0 Å². The molecular formula is C14H18N4OS. The lowest BCUT2D eigenvalue weighted by Gasteiger charge is -2.18. The van der Waals surface area contributed by atoms with E-state index in [2.05, 4.69) is 38.2 Å². The highest BCUT2D eigenvalue weighted by atomic mass is 32.1. The highest BCUT2D eigenvalue weighted by Gasteiger charge is 2.12. The number of benzene rings is 1. The topological polar surface area (TPSA) is 59.1 Å². The number of methoxy groups -OCH3 is 1. The van der Waals surface area contributed by atoms with Gasteiger partial charge in [0.2, 0.25) is 5.13 Å². The normalized spacial score (nSPS) is 15.3. The van der Waals surface area contributed by atoms with E-state index in [1.807, 2.05) is 6.92 Å². The molecule has 2 aromatic rings. The molecule has 1 aliphatic rings. The van der Waals surface area contributed by atoms with Crippen molar-refractivity contribution in [1.82, 2.24) is 9.36 Å². The molecule has 0 aliphatic carbocycles. The Bertz CT molecular complexity index is 599. The highest BCUT2D eigenvalue weighted by molar-refractivity contribution is 7.09. The van der Waals surface area contributed by atoms with Gasteiger partial charge in [-0.05, 0) is 43.5 Å². The van der Waals surface area contributed by atoms with Gasteiger partial charge in [0.05, 0.1) is 0 Å². The van der Waals surface area contributed by atoms with Gasteiger partial charge >= 0.3 is 0 Å². The van der Waals surface area contributed by atoms with Gasteiger partial charge in [0.15, 0.2) is 5.82 Å². The summed E-state index contributed by atoms with van der Waals surface area (Å²) in [4.78, 5) is 4.44. The molecule has 1 atom stereocenters. The van der Waals surface area contributed by atoms with Crippen LogP contribution in [-0.2, 0) is 11.2 Å². The first kappa shape index (κ1) is 13.3. The first-order valence-corrected chi connectivity index (χ1v) is 7.54. The van der Waals surface area contributed by atoms with Crippen molar-refractivity contribution in [2.24, 2.45) is 0 Å². The van der Waals surface area contributed by atoms with Crippen LogP contribution in [0.2, 0.25) is 0 Å². The average Bonchev–Trinajstić information content (AvgIpc) is 2.95. The second kappa shape index (κ2) is 5.76. The summed E-state index contributed by atoms with van der Waals surface area (Å²) in [6, 6.07) is 6.37. The van der Waals surface area contributed by atoms with E-state index in [0.717, 1.165) is 29.6 Å². The third kappa shape index (κ3) is 2.76. The second-order valence-electron chi connectivity index (χ2n) is 4.86. The molecule has 0 saturated carbocycles. The van der Waals surface area contributed by atoms with E-state index in [1.165, 1.54) is 29.2 Å². The summed E-state index contributed by atoms with van der Waals surface area (Å²) in [5, 5.41) is 7.52. The zero-order valence-electron chi connectivity index (χ0n) is 11.6. The molecular weight excluding hydrogens is 272 g/mol. The number of aryl methyl sites for hydroxylation is 1. The van der Waals surface area contributed by atoms with Crippen LogP contribution in [0.5, 0.6) is 0 Å². The van der Waals surface area contributed by atoms with Crippen LogP contribution in [0.15, 0.2) is 18.2 Å². The van der Waals surface area contributed by atoms with Gasteiger partial charge < -0.3 is 15.4 Å². The molecule has 0 saturated heterocycles. The summed E-state index contributed by atoms with van der Waals surface area (Å²) >= 11 is 1.36. The summed E-state index contributed by atoms with van der Waals surface area (Å²) in [6.07, 6.45) is 2.24. The highest BCUT2D eigenvalue weighted by Crippen LogP contribution is 2.28. The van der Waals surface area contributed by atoms with Gasteiger partial charge in [0.25, 0.3) is 0 Å². The summed E-state index contributed by atoms with van der Waals surface area (Å²) in [5.74, 6) is 0.722. The fourth-order valence-electron chi connectivity index (χ4n) is 2.23. The standard InChI is InChI=1S/C14H18N4OS/c1-9(19-2)13-17-14(20-18-13)16-11-5-6-12-10(8-11)4-3-7-15-12/h5-6,8-9,15H,3-4,7H2,1-2H3,(H,16,17,18). The van der Waals surface area contributed by atoms with Gasteiger partial charge in [0, 0.05) is 36.6 Å². The molecule has 6 heteroatoms. The van der Waals surface area contributed by atoms with Crippen molar-refractivity contribution < 1.29 is 4.74 Å². The van der Waals surface area contributed by atoms with Crippen molar-refractivity contribution in [2.45, 2.75) is 25.9 Å². The molecule has 106 valence electrons. The molecule has 0 radical (unpaired) electrons. The molecule has 0 spiro atoms. The fourth-order valence-corrected chi connectivity index (χ4v) is 2.90. The SMILES string of the molecule is COC(C)c1nsc(Nc2ccc3c(c2)CCCN3)n1. The van der Waals surface area contributed by atoms with Crippen molar-refractivity contribution in [3.05, 3.63) is 29.6 Å². The number of nitrogens with zero attached hydrogens (tertiary/aromatic N) is 2. The number of anilines is 3. The quantitative estimate of drug-likeness (QED) is 0.904. The lowest BCUT2D eigenvalue weighted by molar-refractivity contribution is 0.113. The van der Waals surface area contributed by atoms with Crippen molar-refractivity contribution >= 4 is 28.0 Å². The molecule has 2 heterocycles. The fraction of sp³-hybridized carbons (Fsp3) is 0.429. The van der Waals surface area contributed by atoms with Crippen LogP contribution < -0.4 is 10.6 Å². The lowest BCUT2D eigenvalue weighted by Crippen LogP contribution is -2.11. The van der Waals surface area contributed by atoms with Crippen molar-refractivity contribution in [3.63, 3.8) is 0 Å². The Morgan fingerprint density at radius 1 is 1.45 bits per heavy atom. The zero-order chi connectivity index (χ0) is 13.9. The van der Waals surface area contributed by atoms with E-state index in [1.54, 1.807) is 7.11 Å². The van der Waals surface area contributed by atoms with Crippen LogP contribution in [0.1, 0.15) is 30.8 Å².